The second-order valence-corrected chi connectivity index (χ2v) is 5.28. The summed E-state index contributed by atoms with van der Waals surface area (Å²) in [4.78, 5) is 4.56. The van der Waals surface area contributed by atoms with Crippen LogP contribution in [0.2, 0.25) is 0 Å². The molecule has 0 N–H and O–H groups in total. The third-order valence-corrected chi connectivity index (χ3v) is 3.96. The van der Waals surface area contributed by atoms with E-state index in [-0.39, 0.29) is 0 Å². The minimum absolute atomic E-state index is 0.972. The number of hydrogen-bond donors (Lipinski definition) is 0. The molecule has 0 aliphatic heterocycles. The van der Waals surface area contributed by atoms with E-state index >= 15 is 0 Å². The molecule has 0 amide bonds. The van der Waals surface area contributed by atoms with Crippen LogP contribution >= 0.6 is 0 Å². The SMILES string of the molecule is C1=C(c2ccccc2)C=C(c2cccc3cccnc23)C1. The first-order chi connectivity index (χ1) is 10.4. The Morgan fingerprint density at radius 1 is 0.810 bits per heavy atom. The summed E-state index contributed by atoms with van der Waals surface area (Å²) in [6, 6.07) is 21.0. The maximum absolute atomic E-state index is 4.56. The van der Waals surface area contributed by atoms with Gasteiger partial charge in [-0.15, -0.1) is 0 Å². The summed E-state index contributed by atoms with van der Waals surface area (Å²) in [5, 5.41) is 1.20. The van der Waals surface area contributed by atoms with E-state index in [0.717, 1.165) is 11.9 Å². The highest BCUT2D eigenvalue weighted by molar-refractivity contribution is 5.97. The molecule has 0 unspecified atom stereocenters. The predicted molar refractivity (Wildman–Crippen MR) is 88.8 cm³/mol. The molecule has 0 fully saturated rings. The van der Waals surface area contributed by atoms with Crippen LogP contribution in [0.5, 0.6) is 0 Å². The number of pyridine rings is 1. The zero-order valence-corrected chi connectivity index (χ0v) is 11.7. The van der Waals surface area contributed by atoms with Crippen LogP contribution in [-0.4, -0.2) is 4.98 Å². The van der Waals surface area contributed by atoms with Gasteiger partial charge in [0, 0.05) is 17.1 Å². The summed E-state index contributed by atoms with van der Waals surface area (Å²) in [6.45, 7) is 0. The third kappa shape index (κ3) is 2.17. The van der Waals surface area contributed by atoms with Gasteiger partial charge in [-0.1, -0.05) is 66.7 Å². The molecule has 100 valence electrons. The Morgan fingerprint density at radius 2 is 1.67 bits per heavy atom. The maximum atomic E-state index is 4.56. The van der Waals surface area contributed by atoms with E-state index in [9.17, 15) is 0 Å². The fourth-order valence-electron chi connectivity index (χ4n) is 2.91. The number of hydrogen-bond acceptors (Lipinski definition) is 1. The van der Waals surface area contributed by atoms with Crippen molar-refractivity contribution in [1.29, 1.82) is 0 Å². The predicted octanol–water partition coefficient (Wildman–Crippen LogP) is 5.11. The molecule has 0 atom stereocenters. The van der Waals surface area contributed by atoms with Crippen molar-refractivity contribution in [2.75, 3.05) is 0 Å². The Bertz CT molecular complexity index is 852. The molecule has 0 saturated carbocycles. The molecule has 21 heavy (non-hydrogen) atoms. The third-order valence-electron chi connectivity index (χ3n) is 3.96. The van der Waals surface area contributed by atoms with Gasteiger partial charge >= 0.3 is 0 Å². The van der Waals surface area contributed by atoms with E-state index in [0.29, 0.717) is 0 Å². The first-order valence-corrected chi connectivity index (χ1v) is 7.22. The highest BCUT2D eigenvalue weighted by Gasteiger charge is 2.12. The molecule has 1 nitrogen and oxygen atoms in total. The fourth-order valence-corrected chi connectivity index (χ4v) is 2.91. The van der Waals surface area contributed by atoms with Crippen molar-refractivity contribution in [3.05, 3.63) is 90.1 Å². The Morgan fingerprint density at radius 3 is 2.57 bits per heavy atom. The summed E-state index contributed by atoms with van der Waals surface area (Å²) in [5.41, 5.74) is 6.27. The van der Waals surface area contributed by atoms with E-state index in [1.165, 1.54) is 27.7 Å². The van der Waals surface area contributed by atoms with Gasteiger partial charge in [-0.05, 0) is 29.2 Å². The van der Waals surface area contributed by atoms with Crippen LogP contribution in [-0.2, 0) is 0 Å². The minimum atomic E-state index is 0.972. The van der Waals surface area contributed by atoms with Gasteiger partial charge in [0.1, 0.15) is 0 Å². The first kappa shape index (κ1) is 12.1. The quantitative estimate of drug-likeness (QED) is 0.630. The van der Waals surface area contributed by atoms with E-state index in [2.05, 4.69) is 71.7 Å². The normalized spacial score (nSPS) is 14.1. The molecule has 0 radical (unpaired) electrons. The van der Waals surface area contributed by atoms with Crippen molar-refractivity contribution >= 4 is 22.0 Å². The molecule has 0 saturated heterocycles. The van der Waals surface area contributed by atoms with E-state index in [4.69, 9.17) is 0 Å². The van der Waals surface area contributed by atoms with Crippen LogP contribution in [0, 0.1) is 0 Å². The maximum Gasteiger partial charge on any atom is 0.0777 e. The van der Waals surface area contributed by atoms with Crippen molar-refractivity contribution in [3.8, 4) is 0 Å². The van der Waals surface area contributed by atoms with Gasteiger partial charge < -0.3 is 0 Å². The molecule has 1 aliphatic rings. The van der Waals surface area contributed by atoms with Gasteiger partial charge in [-0.25, -0.2) is 0 Å². The molecule has 1 heterocycles. The largest absolute Gasteiger partial charge is 0.256 e. The van der Waals surface area contributed by atoms with Crippen molar-refractivity contribution in [2.24, 2.45) is 0 Å². The Balaban J connectivity index is 1.78. The second-order valence-electron chi connectivity index (χ2n) is 5.28. The highest BCUT2D eigenvalue weighted by atomic mass is 14.6. The molecule has 4 rings (SSSR count). The Labute approximate surface area is 124 Å². The smallest absolute Gasteiger partial charge is 0.0777 e. The molecule has 2 aromatic carbocycles. The number of fused-ring (bicyclic) bond motifs is 1. The lowest BCUT2D eigenvalue weighted by Crippen LogP contribution is -1.87. The van der Waals surface area contributed by atoms with Crippen LogP contribution in [0.25, 0.3) is 22.0 Å². The van der Waals surface area contributed by atoms with Crippen LogP contribution in [0.1, 0.15) is 17.5 Å². The second kappa shape index (κ2) is 5.02. The lowest BCUT2D eigenvalue weighted by molar-refractivity contribution is 1.37. The Kier molecular flexibility index (Phi) is 2.89. The van der Waals surface area contributed by atoms with Gasteiger partial charge in [0.25, 0.3) is 0 Å². The minimum Gasteiger partial charge on any atom is -0.256 e. The number of rotatable bonds is 2. The van der Waals surface area contributed by atoms with Crippen LogP contribution in [0.4, 0.5) is 0 Å². The summed E-state index contributed by atoms with van der Waals surface area (Å²) in [6.07, 6.45) is 7.43. The lowest BCUT2D eigenvalue weighted by atomic mass is 10.0. The van der Waals surface area contributed by atoms with E-state index < -0.39 is 0 Å². The van der Waals surface area contributed by atoms with Crippen LogP contribution in [0.3, 0.4) is 0 Å². The summed E-state index contributed by atoms with van der Waals surface area (Å²) < 4.78 is 0. The average molecular weight is 269 g/mol. The standard InChI is InChI=1S/C20H15N/c1-2-6-15(7-3-1)17-11-12-18(14-17)19-10-4-8-16-9-5-13-21-20(16)19/h1-11,13-14H,12H2. The zero-order valence-electron chi connectivity index (χ0n) is 11.7. The van der Waals surface area contributed by atoms with Gasteiger partial charge in [-0.2, -0.15) is 0 Å². The monoisotopic (exact) mass is 269 g/mol. The van der Waals surface area contributed by atoms with Crippen molar-refractivity contribution in [3.63, 3.8) is 0 Å². The first-order valence-electron chi connectivity index (χ1n) is 7.22. The topological polar surface area (TPSA) is 12.9 Å². The van der Waals surface area contributed by atoms with Gasteiger partial charge in [-0.3, -0.25) is 4.98 Å². The number of para-hydroxylation sites is 1. The van der Waals surface area contributed by atoms with Crippen molar-refractivity contribution < 1.29 is 0 Å². The summed E-state index contributed by atoms with van der Waals surface area (Å²) in [7, 11) is 0. The molecule has 1 aliphatic carbocycles. The molecular weight excluding hydrogens is 254 g/mol. The van der Waals surface area contributed by atoms with E-state index in [1.807, 2.05) is 12.3 Å². The molecular formula is C20H15N. The zero-order chi connectivity index (χ0) is 14.1. The Hall–Kier alpha value is -2.67. The van der Waals surface area contributed by atoms with E-state index in [1.54, 1.807) is 0 Å². The number of aromatic nitrogens is 1. The number of nitrogens with zero attached hydrogens (tertiary/aromatic N) is 1. The molecule has 1 aromatic heterocycles. The highest BCUT2D eigenvalue weighted by Crippen LogP contribution is 2.34. The van der Waals surface area contributed by atoms with Crippen LogP contribution < -0.4 is 0 Å². The molecule has 0 bridgehead atoms. The summed E-state index contributed by atoms with van der Waals surface area (Å²) in [5.74, 6) is 0. The molecule has 1 heteroatoms. The lowest BCUT2D eigenvalue weighted by Gasteiger charge is -2.06. The van der Waals surface area contributed by atoms with Crippen molar-refractivity contribution in [1.82, 2.24) is 4.98 Å². The fraction of sp³-hybridized carbons (Fsp3) is 0.0500. The van der Waals surface area contributed by atoms with Gasteiger partial charge in [0.2, 0.25) is 0 Å². The van der Waals surface area contributed by atoms with Gasteiger partial charge in [0.15, 0.2) is 0 Å². The summed E-state index contributed by atoms with van der Waals surface area (Å²) >= 11 is 0. The van der Waals surface area contributed by atoms with Crippen LogP contribution in [0.15, 0.2) is 79.0 Å². The molecule has 3 aromatic rings. The van der Waals surface area contributed by atoms with Crippen molar-refractivity contribution in [2.45, 2.75) is 6.42 Å². The number of allylic oxidation sites excluding steroid dienone is 4. The number of benzene rings is 2. The average Bonchev–Trinajstić information content (AvgIpc) is 3.05. The molecule has 0 spiro atoms. The van der Waals surface area contributed by atoms with Gasteiger partial charge in [0.05, 0.1) is 5.52 Å².